The fourth-order valence-electron chi connectivity index (χ4n) is 2.27. The molecule has 0 atom stereocenters. The number of aromatic nitrogens is 3. The first-order valence-corrected chi connectivity index (χ1v) is 6.48. The summed E-state index contributed by atoms with van der Waals surface area (Å²) in [5.41, 5.74) is 3.09. The third-order valence-corrected chi connectivity index (χ3v) is 3.27. The number of nitrogens with zero attached hydrogens (tertiary/aromatic N) is 3. The largest absolute Gasteiger partial charge is 0.388 e. The van der Waals surface area contributed by atoms with Gasteiger partial charge in [-0.25, -0.2) is 0 Å². The smallest absolute Gasteiger partial charge is 0.168 e. The molecule has 0 spiro atoms. The molecule has 0 saturated heterocycles. The average molecular weight is 265 g/mol. The topological polar surface area (TPSA) is 50.9 Å². The summed E-state index contributed by atoms with van der Waals surface area (Å²) in [5.74, 6) is 1.29. The molecule has 1 heterocycles. The van der Waals surface area contributed by atoms with E-state index in [9.17, 15) is 5.11 Å². The van der Waals surface area contributed by atoms with Gasteiger partial charge in [0.25, 0.3) is 0 Å². The van der Waals surface area contributed by atoms with E-state index in [1.165, 1.54) is 0 Å². The van der Waals surface area contributed by atoms with Crippen LogP contribution in [0.5, 0.6) is 0 Å². The van der Waals surface area contributed by atoms with Crippen molar-refractivity contribution in [2.45, 2.75) is 13.5 Å². The van der Waals surface area contributed by atoms with Crippen LogP contribution in [0.4, 0.5) is 0 Å². The van der Waals surface area contributed by atoms with Crippen LogP contribution >= 0.6 is 0 Å². The second kappa shape index (κ2) is 5.27. The Morgan fingerprint density at radius 2 is 1.65 bits per heavy atom. The van der Waals surface area contributed by atoms with E-state index in [2.05, 4.69) is 10.2 Å². The molecule has 0 unspecified atom stereocenters. The summed E-state index contributed by atoms with van der Waals surface area (Å²) < 4.78 is 1.89. The van der Waals surface area contributed by atoms with Crippen LogP contribution in [0.3, 0.4) is 0 Å². The highest BCUT2D eigenvalue weighted by Gasteiger charge is 2.15. The predicted molar refractivity (Wildman–Crippen MR) is 77.5 cm³/mol. The van der Waals surface area contributed by atoms with Crippen molar-refractivity contribution in [1.82, 2.24) is 14.8 Å². The van der Waals surface area contributed by atoms with Gasteiger partial charge in [-0.1, -0.05) is 42.5 Å². The lowest BCUT2D eigenvalue weighted by molar-refractivity contribution is 0.269. The van der Waals surface area contributed by atoms with Crippen LogP contribution in [0.25, 0.3) is 17.1 Å². The van der Waals surface area contributed by atoms with Gasteiger partial charge in [0.1, 0.15) is 6.61 Å². The number of aliphatic hydroxyl groups is 1. The molecule has 100 valence electrons. The number of hydrogen-bond donors (Lipinski definition) is 1. The van der Waals surface area contributed by atoms with Crippen LogP contribution < -0.4 is 0 Å². The SMILES string of the molecule is Cc1ccccc1-c1nnc(CO)n1-c1ccccc1. The molecule has 0 saturated carbocycles. The minimum Gasteiger partial charge on any atom is -0.388 e. The highest BCUT2D eigenvalue weighted by molar-refractivity contribution is 5.62. The van der Waals surface area contributed by atoms with E-state index in [-0.39, 0.29) is 6.61 Å². The van der Waals surface area contributed by atoms with Gasteiger partial charge in [-0.05, 0) is 24.6 Å². The molecular formula is C16H15N3O. The van der Waals surface area contributed by atoms with E-state index in [1.54, 1.807) is 0 Å². The first kappa shape index (κ1) is 12.6. The van der Waals surface area contributed by atoms with Gasteiger partial charge in [0.05, 0.1) is 0 Å². The third-order valence-electron chi connectivity index (χ3n) is 3.27. The summed E-state index contributed by atoms with van der Waals surface area (Å²) >= 11 is 0. The van der Waals surface area contributed by atoms with Gasteiger partial charge in [0.2, 0.25) is 0 Å². The van der Waals surface area contributed by atoms with Crippen molar-refractivity contribution in [3.05, 3.63) is 66.0 Å². The summed E-state index contributed by atoms with van der Waals surface area (Å²) in [4.78, 5) is 0. The maximum Gasteiger partial charge on any atom is 0.168 e. The van der Waals surface area contributed by atoms with E-state index in [0.29, 0.717) is 5.82 Å². The Bertz CT molecular complexity index is 720. The average Bonchev–Trinajstić information content (AvgIpc) is 2.92. The molecule has 0 amide bonds. The van der Waals surface area contributed by atoms with Crippen LogP contribution in [0.2, 0.25) is 0 Å². The Kier molecular flexibility index (Phi) is 3.31. The number of aryl methyl sites for hydroxylation is 1. The van der Waals surface area contributed by atoms with Crippen molar-refractivity contribution in [2.24, 2.45) is 0 Å². The lowest BCUT2D eigenvalue weighted by atomic mass is 10.1. The standard InChI is InChI=1S/C16H15N3O/c1-12-7-5-6-10-14(12)16-18-17-15(11-20)19(16)13-8-3-2-4-9-13/h2-10,20H,11H2,1H3. The zero-order chi connectivity index (χ0) is 13.9. The van der Waals surface area contributed by atoms with Crippen molar-refractivity contribution in [1.29, 1.82) is 0 Å². The van der Waals surface area contributed by atoms with Crippen molar-refractivity contribution >= 4 is 0 Å². The maximum absolute atomic E-state index is 9.49. The number of rotatable bonds is 3. The van der Waals surface area contributed by atoms with Gasteiger partial charge < -0.3 is 5.11 Å². The molecule has 4 nitrogen and oxygen atoms in total. The molecule has 0 aliphatic carbocycles. The van der Waals surface area contributed by atoms with Crippen LogP contribution in [-0.4, -0.2) is 19.9 Å². The first-order chi connectivity index (χ1) is 9.81. The number of aliphatic hydroxyl groups excluding tert-OH is 1. The van der Waals surface area contributed by atoms with E-state index in [4.69, 9.17) is 0 Å². The highest BCUT2D eigenvalue weighted by Crippen LogP contribution is 2.25. The Balaban J connectivity index is 2.24. The van der Waals surface area contributed by atoms with Crippen LogP contribution in [0, 0.1) is 6.92 Å². The van der Waals surface area contributed by atoms with Crippen molar-refractivity contribution < 1.29 is 5.11 Å². The van der Waals surface area contributed by atoms with Gasteiger partial charge in [-0.2, -0.15) is 0 Å². The lowest BCUT2D eigenvalue weighted by Gasteiger charge is -2.10. The Morgan fingerprint density at radius 1 is 0.950 bits per heavy atom. The molecule has 3 aromatic rings. The Hall–Kier alpha value is -2.46. The minimum atomic E-state index is -0.145. The normalized spacial score (nSPS) is 10.7. The van der Waals surface area contributed by atoms with Gasteiger partial charge in [-0.3, -0.25) is 4.57 Å². The fraction of sp³-hybridized carbons (Fsp3) is 0.125. The molecule has 0 fully saturated rings. The molecule has 1 N–H and O–H groups in total. The quantitative estimate of drug-likeness (QED) is 0.792. The molecular weight excluding hydrogens is 250 g/mol. The molecule has 20 heavy (non-hydrogen) atoms. The molecule has 2 aromatic carbocycles. The summed E-state index contributed by atoms with van der Waals surface area (Å²) in [7, 11) is 0. The molecule has 0 aliphatic rings. The van der Waals surface area contributed by atoms with Crippen molar-refractivity contribution in [3.8, 4) is 17.1 Å². The summed E-state index contributed by atoms with van der Waals surface area (Å²) in [6.45, 7) is 1.89. The van der Waals surface area contributed by atoms with Crippen molar-refractivity contribution in [3.63, 3.8) is 0 Å². The molecule has 0 bridgehead atoms. The highest BCUT2D eigenvalue weighted by atomic mass is 16.3. The summed E-state index contributed by atoms with van der Waals surface area (Å²) in [6, 6.07) is 17.8. The predicted octanol–water partition coefficient (Wildman–Crippen LogP) is 2.74. The van der Waals surface area contributed by atoms with E-state index in [0.717, 1.165) is 22.6 Å². The number of para-hydroxylation sites is 1. The van der Waals surface area contributed by atoms with Crippen LogP contribution in [0.15, 0.2) is 54.6 Å². The monoisotopic (exact) mass is 265 g/mol. The van der Waals surface area contributed by atoms with E-state index >= 15 is 0 Å². The lowest BCUT2D eigenvalue weighted by Crippen LogP contribution is -2.03. The molecule has 0 aliphatic heterocycles. The molecule has 3 rings (SSSR count). The van der Waals surface area contributed by atoms with Gasteiger partial charge in [0.15, 0.2) is 11.6 Å². The third kappa shape index (κ3) is 2.10. The maximum atomic E-state index is 9.49. The molecule has 4 heteroatoms. The Labute approximate surface area is 117 Å². The van der Waals surface area contributed by atoms with Gasteiger partial charge >= 0.3 is 0 Å². The van der Waals surface area contributed by atoms with E-state index < -0.39 is 0 Å². The van der Waals surface area contributed by atoms with Crippen LogP contribution in [-0.2, 0) is 6.61 Å². The summed E-state index contributed by atoms with van der Waals surface area (Å²) in [5, 5.41) is 17.8. The van der Waals surface area contributed by atoms with Gasteiger partial charge in [-0.15, -0.1) is 10.2 Å². The molecule has 1 aromatic heterocycles. The summed E-state index contributed by atoms with van der Waals surface area (Å²) in [6.07, 6.45) is 0. The zero-order valence-corrected chi connectivity index (χ0v) is 11.2. The van der Waals surface area contributed by atoms with E-state index in [1.807, 2.05) is 66.1 Å². The van der Waals surface area contributed by atoms with Gasteiger partial charge in [0, 0.05) is 11.3 Å². The minimum absolute atomic E-state index is 0.145. The Morgan fingerprint density at radius 3 is 2.35 bits per heavy atom. The molecule has 0 radical (unpaired) electrons. The first-order valence-electron chi connectivity index (χ1n) is 6.48. The van der Waals surface area contributed by atoms with Crippen molar-refractivity contribution in [2.75, 3.05) is 0 Å². The second-order valence-corrected chi connectivity index (χ2v) is 4.58. The van der Waals surface area contributed by atoms with Crippen LogP contribution in [0.1, 0.15) is 11.4 Å². The fourth-order valence-corrected chi connectivity index (χ4v) is 2.27. The number of benzene rings is 2. The number of hydrogen-bond acceptors (Lipinski definition) is 3. The second-order valence-electron chi connectivity index (χ2n) is 4.58. The zero-order valence-electron chi connectivity index (χ0n) is 11.2.